The van der Waals surface area contributed by atoms with Gasteiger partial charge in [0.2, 0.25) is 0 Å². The van der Waals surface area contributed by atoms with Gasteiger partial charge < -0.3 is 10.6 Å². The van der Waals surface area contributed by atoms with E-state index in [1.165, 1.54) is 25.9 Å². The Morgan fingerprint density at radius 3 is 2.08 bits per heavy atom. The number of nitrogens with two attached hydrogens (primary N) is 1. The summed E-state index contributed by atoms with van der Waals surface area (Å²) in [4.78, 5) is 4.95. The minimum atomic E-state index is 0.449. The third-order valence-electron chi connectivity index (χ3n) is 3.35. The van der Waals surface area contributed by atoms with Gasteiger partial charge in [-0.15, -0.1) is 0 Å². The largest absolute Gasteiger partial charge is 0.328 e. The smallest absolute Gasteiger partial charge is 0.0238 e. The van der Waals surface area contributed by atoms with Crippen LogP contribution in [0.4, 0.5) is 0 Å². The first-order valence-corrected chi connectivity index (χ1v) is 4.83. The molecule has 0 aromatic rings. The maximum atomic E-state index is 5.99. The summed E-state index contributed by atoms with van der Waals surface area (Å²) in [6.07, 6.45) is 2.36. The summed E-state index contributed by atoms with van der Waals surface area (Å²) in [6, 6.07) is 1.86. The van der Waals surface area contributed by atoms with Gasteiger partial charge in [0.1, 0.15) is 0 Å². The van der Waals surface area contributed by atoms with E-state index >= 15 is 0 Å². The van der Waals surface area contributed by atoms with Crippen LogP contribution < -0.4 is 5.73 Å². The zero-order chi connectivity index (χ0) is 8.72. The van der Waals surface area contributed by atoms with Crippen molar-refractivity contribution < 1.29 is 0 Å². The molecular weight excluding hydrogens is 150 g/mol. The minimum Gasteiger partial charge on any atom is -0.328 e. The van der Waals surface area contributed by atoms with Crippen molar-refractivity contribution in [3.8, 4) is 0 Å². The summed E-state index contributed by atoms with van der Waals surface area (Å²) in [7, 11) is 4.46. The number of likely N-dealkylation sites (tertiary alicyclic amines) is 1. The zero-order valence-corrected chi connectivity index (χ0v) is 8.03. The molecule has 0 unspecified atom stereocenters. The first-order chi connectivity index (χ1) is 5.66. The second-order valence-corrected chi connectivity index (χ2v) is 4.43. The van der Waals surface area contributed by atoms with Crippen molar-refractivity contribution in [3.63, 3.8) is 0 Å². The van der Waals surface area contributed by atoms with Crippen molar-refractivity contribution in [1.82, 2.24) is 9.80 Å². The van der Waals surface area contributed by atoms with Gasteiger partial charge in [-0.1, -0.05) is 0 Å². The molecule has 3 nitrogen and oxygen atoms in total. The molecule has 2 saturated heterocycles. The van der Waals surface area contributed by atoms with Crippen molar-refractivity contribution in [2.45, 2.75) is 31.0 Å². The first-order valence-electron chi connectivity index (χ1n) is 4.83. The lowest BCUT2D eigenvalue weighted by Gasteiger charge is -2.49. The van der Waals surface area contributed by atoms with Crippen LogP contribution >= 0.6 is 0 Å². The molecule has 2 heterocycles. The Hall–Kier alpha value is -0.120. The highest BCUT2D eigenvalue weighted by Crippen LogP contribution is 2.25. The molecule has 0 amide bonds. The normalized spacial score (nSPS) is 44.8. The van der Waals surface area contributed by atoms with E-state index in [-0.39, 0.29) is 0 Å². The van der Waals surface area contributed by atoms with Crippen LogP contribution in [0, 0.1) is 0 Å². The fourth-order valence-electron chi connectivity index (χ4n) is 2.63. The summed E-state index contributed by atoms with van der Waals surface area (Å²) < 4.78 is 0. The Morgan fingerprint density at radius 2 is 1.58 bits per heavy atom. The SMILES string of the molecule is CN1C[C@H]2C[C@H](N)C[C@@H](C1)N2C. The summed E-state index contributed by atoms with van der Waals surface area (Å²) in [6.45, 7) is 2.39. The zero-order valence-electron chi connectivity index (χ0n) is 8.03. The molecule has 0 spiro atoms. The van der Waals surface area contributed by atoms with Gasteiger partial charge in [0.05, 0.1) is 0 Å². The standard InChI is InChI=1S/C9H19N3/c1-11-5-8-3-7(10)4-9(6-11)12(8)2/h7-9H,3-6,10H2,1-2H3/t7-,8+,9-. The molecule has 2 N–H and O–H groups in total. The lowest BCUT2D eigenvalue weighted by Crippen LogP contribution is -2.62. The average molecular weight is 169 g/mol. The van der Waals surface area contributed by atoms with Crippen LogP contribution in [-0.2, 0) is 0 Å². The number of piperazine rings is 1. The van der Waals surface area contributed by atoms with Crippen molar-refractivity contribution in [1.29, 1.82) is 0 Å². The van der Waals surface area contributed by atoms with Gasteiger partial charge in [0.15, 0.2) is 0 Å². The van der Waals surface area contributed by atoms with E-state index in [0.29, 0.717) is 18.1 Å². The molecular formula is C9H19N3. The van der Waals surface area contributed by atoms with Crippen molar-refractivity contribution in [2.24, 2.45) is 5.73 Å². The molecule has 2 aliphatic heterocycles. The quantitative estimate of drug-likeness (QED) is 0.541. The van der Waals surface area contributed by atoms with Crippen LogP contribution in [0.3, 0.4) is 0 Å². The van der Waals surface area contributed by atoms with Gasteiger partial charge in [-0.2, -0.15) is 0 Å². The molecule has 0 aliphatic carbocycles. The maximum absolute atomic E-state index is 5.99. The van der Waals surface area contributed by atoms with Crippen LogP contribution in [0.1, 0.15) is 12.8 Å². The van der Waals surface area contributed by atoms with E-state index in [1.54, 1.807) is 0 Å². The number of rotatable bonds is 0. The Bertz CT molecular complexity index is 141. The first kappa shape index (κ1) is 8.48. The number of hydrogen-bond donors (Lipinski definition) is 1. The Balaban J connectivity index is 2.08. The summed E-state index contributed by atoms with van der Waals surface area (Å²) in [5.74, 6) is 0. The van der Waals surface area contributed by atoms with E-state index in [4.69, 9.17) is 5.73 Å². The third kappa shape index (κ3) is 1.37. The van der Waals surface area contributed by atoms with Gasteiger partial charge in [-0.05, 0) is 26.9 Å². The van der Waals surface area contributed by atoms with E-state index in [1.807, 2.05) is 0 Å². The number of fused-ring (bicyclic) bond motifs is 2. The van der Waals surface area contributed by atoms with E-state index in [2.05, 4.69) is 23.9 Å². The number of hydrogen-bond acceptors (Lipinski definition) is 3. The Labute approximate surface area is 74.5 Å². The lowest BCUT2D eigenvalue weighted by atomic mass is 9.89. The topological polar surface area (TPSA) is 32.5 Å². The highest BCUT2D eigenvalue weighted by Gasteiger charge is 2.36. The van der Waals surface area contributed by atoms with Crippen LogP contribution in [0.15, 0.2) is 0 Å². The number of nitrogens with zero attached hydrogens (tertiary/aromatic N) is 2. The molecule has 2 rings (SSSR count). The van der Waals surface area contributed by atoms with E-state index in [9.17, 15) is 0 Å². The lowest BCUT2D eigenvalue weighted by molar-refractivity contribution is 0.0141. The van der Waals surface area contributed by atoms with Gasteiger partial charge in [-0.25, -0.2) is 0 Å². The van der Waals surface area contributed by atoms with Gasteiger partial charge in [-0.3, -0.25) is 4.90 Å². The fraction of sp³-hybridized carbons (Fsp3) is 1.00. The molecule has 2 fully saturated rings. The average Bonchev–Trinajstić information content (AvgIpc) is 1.94. The van der Waals surface area contributed by atoms with Crippen LogP contribution in [-0.4, -0.2) is 55.1 Å². The molecule has 12 heavy (non-hydrogen) atoms. The van der Waals surface area contributed by atoms with Gasteiger partial charge >= 0.3 is 0 Å². The second-order valence-electron chi connectivity index (χ2n) is 4.43. The molecule has 3 heteroatoms. The number of piperidine rings is 1. The highest BCUT2D eigenvalue weighted by atomic mass is 15.3. The predicted molar refractivity (Wildman–Crippen MR) is 50.0 cm³/mol. The van der Waals surface area contributed by atoms with Gasteiger partial charge in [0, 0.05) is 31.2 Å². The second kappa shape index (κ2) is 2.98. The molecule has 2 aliphatic rings. The van der Waals surface area contributed by atoms with Crippen molar-refractivity contribution in [3.05, 3.63) is 0 Å². The van der Waals surface area contributed by atoms with Crippen LogP contribution in [0.25, 0.3) is 0 Å². The van der Waals surface area contributed by atoms with Crippen molar-refractivity contribution >= 4 is 0 Å². The van der Waals surface area contributed by atoms with E-state index in [0.717, 1.165) is 0 Å². The summed E-state index contributed by atoms with van der Waals surface area (Å²) in [5, 5.41) is 0. The molecule has 3 atom stereocenters. The Kier molecular flexibility index (Phi) is 2.10. The predicted octanol–water partition coefficient (Wildman–Crippen LogP) is -0.278. The molecule has 0 aromatic heterocycles. The Morgan fingerprint density at radius 1 is 1.08 bits per heavy atom. The maximum Gasteiger partial charge on any atom is 0.0238 e. The van der Waals surface area contributed by atoms with Crippen LogP contribution in [0.5, 0.6) is 0 Å². The molecule has 0 saturated carbocycles. The molecule has 0 radical (unpaired) electrons. The van der Waals surface area contributed by atoms with E-state index < -0.39 is 0 Å². The fourth-order valence-corrected chi connectivity index (χ4v) is 2.63. The third-order valence-corrected chi connectivity index (χ3v) is 3.35. The molecule has 70 valence electrons. The minimum absolute atomic E-state index is 0.449. The van der Waals surface area contributed by atoms with Crippen molar-refractivity contribution in [2.75, 3.05) is 27.2 Å². The highest BCUT2D eigenvalue weighted by molar-refractivity contribution is 4.94. The number of likely N-dealkylation sites (N-methyl/N-ethyl adjacent to an activating group) is 2. The molecule has 0 aromatic carbocycles. The monoisotopic (exact) mass is 169 g/mol. The van der Waals surface area contributed by atoms with Crippen LogP contribution in [0.2, 0.25) is 0 Å². The van der Waals surface area contributed by atoms with Gasteiger partial charge in [0.25, 0.3) is 0 Å². The summed E-state index contributed by atoms with van der Waals surface area (Å²) in [5.41, 5.74) is 5.99. The summed E-state index contributed by atoms with van der Waals surface area (Å²) >= 11 is 0. The molecule has 2 bridgehead atoms.